The summed E-state index contributed by atoms with van der Waals surface area (Å²) < 4.78 is 10.8. The van der Waals surface area contributed by atoms with E-state index in [1.807, 2.05) is 13.8 Å². The van der Waals surface area contributed by atoms with Crippen LogP contribution in [-0.2, 0) is 19.1 Å². The molecule has 0 unspecified atom stereocenters. The van der Waals surface area contributed by atoms with Gasteiger partial charge in [0.25, 0.3) is 5.91 Å². The molecule has 2 amide bonds. The number of hydrogen-bond donors (Lipinski definition) is 0. The van der Waals surface area contributed by atoms with Crippen molar-refractivity contribution in [1.82, 2.24) is 4.90 Å². The van der Waals surface area contributed by atoms with Crippen molar-refractivity contribution < 1.29 is 23.9 Å². The van der Waals surface area contributed by atoms with Gasteiger partial charge in [0.15, 0.2) is 6.61 Å². The summed E-state index contributed by atoms with van der Waals surface area (Å²) in [5, 5.41) is 0. The lowest BCUT2D eigenvalue weighted by Gasteiger charge is -2.35. The number of hydrogen-bond acceptors (Lipinski definition) is 5. The van der Waals surface area contributed by atoms with E-state index in [-0.39, 0.29) is 30.6 Å². The number of amides is 2. The maximum Gasteiger partial charge on any atom is 0.340 e. The van der Waals surface area contributed by atoms with Crippen molar-refractivity contribution in [2.75, 3.05) is 31.1 Å². The Labute approximate surface area is 152 Å². The number of rotatable bonds is 4. The van der Waals surface area contributed by atoms with Gasteiger partial charge in [0.05, 0.1) is 23.5 Å². The molecule has 0 aromatic heterocycles. The molecule has 7 heteroatoms. The number of ether oxygens (including phenoxy) is 2. The Morgan fingerprint density at radius 2 is 1.88 bits per heavy atom. The largest absolute Gasteiger partial charge is 0.452 e. The Bertz CT molecular complexity index is 695. The highest BCUT2D eigenvalue weighted by Gasteiger charge is 2.28. The molecular formula is C19H24N2O5. The van der Waals surface area contributed by atoms with E-state index in [2.05, 4.69) is 0 Å². The van der Waals surface area contributed by atoms with Gasteiger partial charge in [0, 0.05) is 26.1 Å². The predicted octanol–water partition coefficient (Wildman–Crippen LogP) is 1.61. The number of carbonyl (C=O) groups excluding carboxylic acids is 3. The van der Waals surface area contributed by atoms with Gasteiger partial charge in [-0.05, 0) is 32.4 Å². The third-order valence-electron chi connectivity index (χ3n) is 4.59. The number of carbonyl (C=O) groups is 3. The Kier molecular flexibility index (Phi) is 5.56. The first-order chi connectivity index (χ1) is 12.5. The van der Waals surface area contributed by atoms with E-state index in [9.17, 15) is 14.4 Å². The van der Waals surface area contributed by atoms with Gasteiger partial charge in [-0.2, -0.15) is 0 Å². The fourth-order valence-electron chi connectivity index (χ4n) is 3.46. The van der Waals surface area contributed by atoms with Crippen LogP contribution in [0.15, 0.2) is 24.3 Å². The zero-order valence-corrected chi connectivity index (χ0v) is 15.1. The number of para-hydroxylation sites is 1. The van der Waals surface area contributed by atoms with Crippen molar-refractivity contribution >= 4 is 23.5 Å². The number of anilines is 1. The van der Waals surface area contributed by atoms with Crippen LogP contribution in [0.5, 0.6) is 0 Å². The second-order valence-corrected chi connectivity index (χ2v) is 6.80. The van der Waals surface area contributed by atoms with Crippen molar-refractivity contribution in [2.45, 2.75) is 38.9 Å². The molecule has 0 radical (unpaired) electrons. The number of benzene rings is 1. The van der Waals surface area contributed by atoms with Gasteiger partial charge in [-0.25, -0.2) is 4.79 Å². The van der Waals surface area contributed by atoms with Crippen LogP contribution in [0.4, 0.5) is 5.69 Å². The molecule has 3 rings (SSSR count). The molecule has 2 aliphatic rings. The summed E-state index contributed by atoms with van der Waals surface area (Å²) in [6.45, 7) is 5.06. The fraction of sp³-hybridized carbons (Fsp3) is 0.526. The summed E-state index contributed by atoms with van der Waals surface area (Å²) in [4.78, 5) is 40.1. The molecule has 0 bridgehead atoms. The molecule has 1 aromatic carbocycles. The summed E-state index contributed by atoms with van der Waals surface area (Å²) >= 11 is 0. The van der Waals surface area contributed by atoms with Crippen molar-refractivity contribution in [1.29, 1.82) is 0 Å². The molecular weight excluding hydrogens is 336 g/mol. The van der Waals surface area contributed by atoms with Crippen LogP contribution in [0.3, 0.4) is 0 Å². The van der Waals surface area contributed by atoms with Gasteiger partial charge in [0.1, 0.15) is 0 Å². The standard InChI is InChI=1S/C19H24N2O5/c1-13-10-20(11-14(2)26-13)18(23)12-25-19(24)15-6-3-4-7-16(15)21-9-5-8-17(21)22/h3-4,6-7,13-14H,5,8-12H2,1-2H3/t13-,14-/m1/s1. The minimum absolute atomic E-state index is 0.00221. The zero-order chi connectivity index (χ0) is 18.7. The Balaban J connectivity index is 1.64. The van der Waals surface area contributed by atoms with E-state index in [4.69, 9.17) is 9.47 Å². The van der Waals surface area contributed by atoms with Crippen molar-refractivity contribution in [3.05, 3.63) is 29.8 Å². The maximum atomic E-state index is 12.5. The van der Waals surface area contributed by atoms with Crippen LogP contribution in [0.1, 0.15) is 37.0 Å². The highest BCUT2D eigenvalue weighted by atomic mass is 16.5. The molecule has 0 spiro atoms. The highest BCUT2D eigenvalue weighted by molar-refractivity contribution is 6.03. The Morgan fingerprint density at radius 1 is 1.19 bits per heavy atom. The lowest BCUT2D eigenvalue weighted by Crippen LogP contribution is -2.49. The van der Waals surface area contributed by atoms with Crippen LogP contribution in [0.25, 0.3) is 0 Å². The minimum Gasteiger partial charge on any atom is -0.452 e. The molecule has 26 heavy (non-hydrogen) atoms. The van der Waals surface area contributed by atoms with Crippen molar-refractivity contribution in [3.8, 4) is 0 Å². The van der Waals surface area contributed by atoms with E-state index < -0.39 is 5.97 Å². The zero-order valence-electron chi connectivity index (χ0n) is 15.1. The van der Waals surface area contributed by atoms with Gasteiger partial charge in [-0.3, -0.25) is 9.59 Å². The average molecular weight is 360 g/mol. The van der Waals surface area contributed by atoms with Gasteiger partial charge < -0.3 is 19.3 Å². The summed E-state index contributed by atoms with van der Waals surface area (Å²) in [5.74, 6) is -0.837. The summed E-state index contributed by atoms with van der Waals surface area (Å²) in [7, 11) is 0. The fourth-order valence-corrected chi connectivity index (χ4v) is 3.46. The molecule has 0 N–H and O–H groups in total. The predicted molar refractivity (Wildman–Crippen MR) is 94.9 cm³/mol. The Morgan fingerprint density at radius 3 is 2.54 bits per heavy atom. The molecule has 0 saturated carbocycles. The van der Waals surface area contributed by atoms with E-state index >= 15 is 0 Å². The second-order valence-electron chi connectivity index (χ2n) is 6.80. The summed E-state index contributed by atoms with van der Waals surface area (Å²) in [6, 6.07) is 6.84. The van der Waals surface area contributed by atoms with Crippen LogP contribution >= 0.6 is 0 Å². The second kappa shape index (κ2) is 7.86. The highest BCUT2D eigenvalue weighted by Crippen LogP contribution is 2.26. The molecule has 140 valence electrons. The lowest BCUT2D eigenvalue weighted by atomic mass is 10.1. The third-order valence-corrected chi connectivity index (χ3v) is 4.59. The Hall–Kier alpha value is -2.41. The topological polar surface area (TPSA) is 76.2 Å². The molecule has 7 nitrogen and oxygen atoms in total. The number of morpholine rings is 1. The van der Waals surface area contributed by atoms with E-state index in [1.165, 1.54) is 0 Å². The van der Waals surface area contributed by atoms with Crippen LogP contribution in [0, 0.1) is 0 Å². The van der Waals surface area contributed by atoms with E-state index in [0.29, 0.717) is 37.3 Å². The van der Waals surface area contributed by atoms with Gasteiger partial charge >= 0.3 is 5.97 Å². The van der Waals surface area contributed by atoms with E-state index in [1.54, 1.807) is 34.1 Å². The number of nitrogens with zero attached hydrogens (tertiary/aromatic N) is 2. The smallest absolute Gasteiger partial charge is 0.340 e. The van der Waals surface area contributed by atoms with Crippen LogP contribution < -0.4 is 4.90 Å². The third kappa shape index (κ3) is 4.04. The molecule has 2 atom stereocenters. The van der Waals surface area contributed by atoms with Crippen LogP contribution in [-0.4, -0.2) is 61.1 Å². The quantitative estimate of drug-likeness (QED) is 0.763. The molecule has 2 fully saturated rings. The monoisotopic (exact) mass is 360 g/mol. The number of esters is 1. The van der Waals surface area contributed by atoms with Gasteiger partial charge in [0.2, 0.25) is 5.91 Å². The average Bonchev–Trinajstić information content (AvgIpc) is 3.04. The molecule has 0 aliphatic carbocycles. The van der Waals surface area contributed by atoms with Crippen molar-refractivity contribution in [2.24, 2.45) is 0 Å². The SMILES string of the molecule is C[C@@H]1CN(C(=O)COC(=O)c2ccccc2N2CCCC2=O)C[C@@H](C)O1. The summed E-state index contributed by atoms with van der Waals surface area (Å²) in [6.07, 6.45) is 1.17. The lowest BCUT2D eigenvalue weighted by molar-refractivity contribution is -0.146. The van der Waals surface area contributed by atoms with E-state index in [0.717, 1.165) is 6.42 Å². The van der Waals surface area contributed by atoms with Gasteiger partial charge in [-0.1, -0.05) is 12.1 Å². The first-order valence-electron chi connectivity index (χ1n) is 8.95. The molecule has 2 aliphatic heterocycles. The normalized spacial score (nSPS) is 23.2. The summed E-state index contributed by atoms with van der Waals surface area (Å²) in [5.41, 5.74) is 0.848. The first kappa shape index (κ1) is 18.4. The molecule has 1 aromatic rings. The maximum absolute atomic E-state index is 12.5. The molecule has 2 saturated heterocycles. The van der Waals surface area contributed by atoms with Gasteiger partial charge in [-0.15, -0.1) is 0 Å². The minimum atomic E-state index is -0.594. The first-order valence-corrected chi connectivity index (χ1v) is 8.95. The molecule has 2 heterocycles. The van der Waals surface area contributed by atoms with Crippen LogP contribution in [0.2, 0.25) is 0 Å². The van der Waals surface area contributed by atoms with Crippen molar-refractivity contribution in [3.63, 3.8) is 0 Å².